The van der Waals surface area contributed by atoms with E-state index in [0.29, 0.717) is 17.5 Å². The molecule has 2 bridgehead atoms. The molecule has 4 rings (SSSR count). The summed E-state index contributed by atoms with van der Waals surface area (Å²) < 4.78 is 5.50. The van der Waals surface area contributed by atoms with Crippen molar-refractivity contribution >= 4 is 23.8 Å². The third-order valence-electron chi connectivity index (χ3n) is 5.54. The molecule has 11 nitrogen and oxygen atoms in total. The Kier molecular flexibility index (Phi) is 5.85. The van der Waals surface area contributed by atoms with Crippen LogP contribution in [-0.4, -0.2) is 81.4 Å². The fourth-order valence-electron chi connectivity index (χ4n) is 3.61. The quantitative estimate of drug-likeness (QED) is 0.237. The zero-order chi connectivity index (χ0) is 22.2. The number of carbonyl (C=O) groups is 3. The molecule has 3 aliphatic rings. The number of anilines is 1. The van der Waals surface area contributed by atoms with Crippen molar-refractivity contribution in [3.05, 3.63) is 29.8 Å². The summed E-state index contributed by atoms with van der Waals surface area (Å²) in [6.07, 6.45) is -1.21. The minimum Gasteiger partial charge on any atom is -0.393 e. The molecule has 11 heteroatoms. The van der Waals surface area contributed by atoms with E-state index in [9.17, 15) is 34.8 Å². The van der Waals surface area contributed by atoms with Gasteiger partial charge in [-0.3, -0.25) is 14.4 Å². The molecule has 164 valence electrons. The van der Waals surface area contributed by atoms with E-state index in [0.717, 1.165) is 6.92 Å². The Morgan fingerprint density at radius 1 is 1.37 bits per heavy atom. The predicted octanol–water partition coefficient (Wildman–Crippen LogP) is -2.32. The highest BCUT2D eigenvalue weighted by Gasteiger charge is 2.64. The lowest BCUT2D eigenvalue weighted by molar-refractivity contribution is -0.240. The molecule has 3 fully saturated rings. The maximum absolute atomic E-state index is 12.8. The van der Waals surface area contributed by atoms with E-state index in [1.165, 1.54) is 0 Å². The van der Waals surface area contributed by atoms with E-state index in [4.69, 9.17) is 4.74 Å². The van der Waals surface area contributed by atoms with Gasteiger partial charge in [0.2, 0.25) is 5.72 Å². The number of ether oxygens (including phenoxy) is 1. The lowest BCUT2D eigenvalue weighted by atomic mass is 9.82. The second-order valence-electron chi connectivity index (χ2n) is 7.79. The number of amides is 2. The SMILES string of the molecule is C[C@](O)(CO)[C@H](O)[C@@]12NC(=O)[C@@](O)(NC1=O)[C@@H](CNc1cccc(C=O)c1)CCO2. The number of aliphatic hydroxyl groups excluding tert-OH is 2. The van der Waals surface area contributed by atoms with E-state index >= 15 is 0 Å². The van der Waals surface area contributed by atoms with Gasteiger partial charge in [0.25, 0.3) is 17.5 Å². The normalized spacial score (nSPS) is 31.6. The lowest BCUT2D eigenvalue weighted by Crippen LogP contribution is -2.84. The number of piperazine rings is 1. The van der Waals surface area contributed by atoms with Crippen molar-refractivity contribution in [3.8, 4) is 0 Å². The number of fused-ring (bicyclic) bond motifs is 5. The van der Waals surface area contributed by atoms with Crippen LogP contribution in [0, 0.1) is 5.92 Å². The van der Waals surface area contributed by atoms with E-state index in [2.05, 4.69) is 16.0 Å². The van der Waals surface area contributed by atoms with Gasteiger partial charge in [0, 0.05) is 23.7 Å². The van der Waals surface area contributed by atoms with Crippen molar-refractivity contribution in [3.63, 3.8) is 0 Å². The molecule has 0 radical (unpaired) electrons. The monoisotopic (exact) mass is 423 g/mol. The van der Waals surface area contributed by atoms with Crippen molar-refractivity contribution < 1.29 is 39.5 Å². The first-order valence-corrected chi connectivity index (χ1v) is 9.41. The number of carbonyl (C=O) groups excluding carboxylic acids is 3. The van der Waals surface area contributed by atoms with Crippen LogP contribution in [-0.2, 0) is 14.3 Å². The Morgan fingerprint density at radius 2 is 2.10 bits per heavy atom. The van der Waals surface area contributed by atoms with Gasteiger partial charge in [-0.25, -0.2) is 0 Å². The molecular formula is C19H25N3O8. The fourth-order valence-corrected chi connectivity index (χ4v) is 3.61. The van der Waals surface area contributed by atoms with Crippen LogP contribution >= 0.6 is 0 Å². The predicted molar refractivity (Wildman–Crippen MR) is 102 cm³/mol. The van der Waals surface area contributed by atoms with Crippen molar-refractivity contribution in [1.82, 2.24) is 10.6 Å². The number of nitrogens with one attached hydrogen (secondary N) is 3. The van der Waals surface area contributed by atoms with Gasteiger partial charge in [0.15, 0.2) is 0 Å². The Morgan fingerprint density at radius 3 is 2.77 bits per heavy atom. The van der Waals surface area contributed by atoms with E-state index in [-0.39, 0.29) is 19.6 Å². The van der Waals surface area contributed by atoms with Crippen LogP contribution in [0.5, 0.6) is 0 Å². The molecule has 7 N–H and O–H groups in total. The zero-order valence-corrected chi connectivity index (χ0v) is 16.3. The molecule has 0 unspecified atom stereocenters. The number of benzene rings is 1. The van der Waals surface area contributed by atoms with Crippen LogP contribution in [0.15, 0.2) is 24.3 Å². The number of aldehydes is 1. The van der Waals surface area contributed by atoms with Gasteiger partial charge in [0.05, 0.1) is 13.2 Å². The van der Waals surface area contributed by atoms with Crippen LogP contribution < -0.4 is 16.0 Å². The van der Waals surface area contributed by atoms with Gasteiger partial charge in [-0.05, 0) is 25.5 Å². The molecule has 0 aliphatic carbocycles. The summed E-state index contributed by atoms with van der Waals surface area (Å²) in [6.45, 7) is 0.0864. The second-order valence-corrected chi connectivity index (χ2v) is 7.79. The Labute approximate surface area is 172 Å². The molecule has 3 aliphatic heterocycles. The zero-order valence-electron chi connectivity index (χ0n) is 16.3. The highest BCUT2D eigenvalue weighted by atomic mass is 16.5. The molecule has 3 saturated heterocycles. The van der Waals surface area contributed by atoms with Gasteiger partial charge >= 0.3 is 0 Å². The number of aliphatic hydroxyl groups is 4. The minimum atomic E-state index is -2.37. The van der Waals surface area contributed by atoms with Gasteiger partial charge in [-0.1, -0.05) is 12.1 Å². The molecule has 0 aromatic heterocycles. The Balaban J connectivity index is 1.83. The minimum absolute atomic E-state index is 0.0553. The van der Waals surface area contributed by atoms with Crippen molar-refractivity contribution in [2.24, 2.45) is 5.92 Å². The first-order valence-electron chi connectivity index (χ1n) is 9.41. The first kappa shape index (κ1) is 22.1. The molecule has 5 atom stereocenters. The topological polar surface area (TPSA) is 177 Å². The van der Waals surface area contributed by atoms with Crippen molar-refractivity contribution in [1.29, 1.82) is 0 Å². The number of rotatable bonds is 7. The first-order chi connectivity index (χ1) is 14.1. The summed E-state index contributed by atoms with van der Waals surface area (Å²) in [6, 6.07) is 6.58. The average molecular weight is 423 g/mol. The largest absolute Gasteiger partial charge is 0.393 e. The van der Waals surface area contributed by atoms with Gasteiger partial charge in [0.1, 0.15) is 18.0 Å². The van der Waals surface area contributed by atoms with E-state index in [1.54, 1.807) is 24.3 Å². The van der Waals surface area contributed by atoms with Crippen LogP contribution in [0.3, 0.4) is 0 Å². The van der Waals surface area contributed by atoms with Gasteiger partial charge in [-0.15, -0.1) is 0 Å². The van der Waals surface area contributed by atoms with Gasteiger partial charge in [-0.2, -0.15) is 0 Å². The van der Waals surface area contributed by atoms with Crippen molar-refractivity contribution in [2.75, 3.05) is 25.1 Å². The molecular weight excluding hydrogens is 398 g/mol. The molecule has 0 spiro atoms. The van der Waals surface area contributed by atoms with Gasteiger partial charge < -0.3 is 41.1 Å². The lowest BCUT2D eigenvalue weighted by Gasteiger charge is -2.51. The highest BCUT2D eigenvalue weighted by Crippen LogP contribution is 2.34. The summed E-state index contributed by atoms with van der Waals surface area (Å²) in [4.78, 5) is 36.5. The fraction of sp³-hybridized carbons (Fsp3) is 0.526. The Hall–Kier alpha value is -2.57. The van der Waals surface area contributed by atoms with E-state index in [1.807, 2.05) is 0 Å². The summed E-state index contributed by atoms with van der Waals surface area (Å²) in [5.41, 5.74) is -5.81. The van der Waals surface area contributed by atoms with Crippen LogP contribution in [0.4, 0.5) is 5.69 Å². The second kappa shape index (κ2) is 7.93. The third kappa shape index (κ3) is 3.66. The molecule has 30 heavy (non-hydrogen) atoms. The third-order valence-corrected chi connectivity index (χ3v) is 5.54. The smallest absolute Gasteiger partial charge is 0.278 e. The summed E-state index contributed by atoms with van der Waals surface area (Å²) in [5.74, 6) is -2.91. The average Bonchev–Trinajstić information content (AvgIpc) is 2.72. The standard InChI is InChI=1S/C19H25N3O8/c1-17(28,10-24)14(25)19-16(27)21-18(29,15(26)22-19)12(5-6-30-19)8-20-13-4-2-3-11(7-13)9-23/h2-4,7,9,12,14,20,24-25,28-29H,5-6,8,10H2,1H3,(H,21,27)(H,22,26)/t12-,14+,17+,18-,19+/m1/s1. The Bertz CT molecular complexity index is 847. The summed E-state index contributed by atoms with van der Waals surface area (Å²) in [5, 5.41) is 48.4. The van der Waals surface area contributed by atoms with Crippen LogP contribution in [0.25, 0.3) is 0 Å². The maximum Gasteiger partial charge on any atom is 0.278 e. The van der Waals surface area contributed by atoms with E-state index < -0.39 is 47.5 Å². The maximum atomic E-state index is 12.8. The van der Waals surface area contributed by atoms with Crippen molar-refractivity contribution in [2.45, 2.75) is 36.5 Å². The number of hydrogen-bond donors (Lipinski definition) is 7. The van der Waals surface area contributed by atoms with Crippen LogP contribution in [0.1, 0.15) is 23.7 Å². The molecule has 2 amide bonds. The highest BCUT2D eigenvalue weighted by molar-refractivity contribution is 6.01. The summed E-state index contributed by atoms with van der Waals surface area (Å²) in [7, 11) is 0. The molecule has 1 aromatic rings. The summed E-state index contributed by atoms with van der Waals surface area (Å²) >= 11 is 0. The molecule has 3 heterocycles. The molecule has 0 saturated carbocycles. The molecule has 1 aromatic carbocycles. The van der Waals surface area contributed by atoms with Crippen LogP contribution in [0.2, 0.25) is 0 Å². The number of hydrogen-bond acceptors (Lipinski definition) is 9.